The van der Waals surface area contributed by atoms with E-state index in [0.717, 1.165) is 24.9 Å². The molecule has 4 heteroatoms. The van der Waals surface area contributed by atoms with Gasteiger partial charge in [-0.1, -0.05) is 61.9 Å². The molecule has 1 unspecified atom stereocenters. The van der Waals surface area contributed by atoms with Crippen LogP contribution in [-0.2, 0) is 16.2 Å². The summed E-state index contributed by atoms with van der Waals surface area (Å²) in [6.45, 7) is 3.83. The lowest BCUT2D eigenvalue weighted by Crippen LogP contribution is -2.24. The molecule has 0 radical (unpaired) electrons. The van der Waals surface area contributed by atoms with Crippen LogP contribution < -0.4 is 5.48 Å². The maximum atomic E-state index is 11.9. The van der Waals surface area contributed by atoms with E-state index in [1.165, 1.54) is 0 Å². The number of hydroxylamine groups is 1. The fraction of sp³-hybridized carbons (Fsp3) is 0.350. The zero-order valence-electron chi connectivity index (χ0n) is 14.1. The van der Waals surface area contributed by atoms with Crippen LogP contribution in [0.15, 0.2) is 60.7 Å². The van der Waals surface area contributed by atoms with Gasteiger partial charge in [0.15, 0.2) is 0 Å². The van der Waals surface area contributed by atoms with Gasteiger partial charge in [0.2, 0.25) is 0 Å². The lowest BCUT2D eigenvalue weighted by molar-refractivity contribution is 0.0153. The van der Waals surface area contributed by atoms with Crippen molar-refractivity contribution in [3.8, 4) is 0 Å². The summed E-state index contributed by atoms with van der Waals surface area (Å²) in [5, 5.41) is 0. The summed E-state index contributed by atoms with van der Waals surface area (Å²) in [6, 6.07) is 19.1. The second-order valence-electron chi connectivity index (χ2n) is 5.69. The minimum absolute atomic E-state index is 0.265. The molecule has 4 nitrogen and oxygen atoms in total. The average molecular weight is 327 g/mol. The van der Waals surface area contributed by atoms with Gasteiger partial charge in [0, 0.05) is 6.54 Å². The molecule has 0 fully saturated rings. The molecule has 0 saturated carbocycles. The number of esters is 1. The van der Waals surface area contributed by atoms with Crippen molar-refractivity contribution < 1.29 is 14.4 Å². The van der Waals surface area contributed by atoms with Crippen LogP contribution in [0.1, 0.15) is 35.7 Å². The number of carbonyl (C=O) groups excluding carboxylic acids is 1. The van der Waals surface area contributed by atoms with Crippen LogP contribution in [0.2, 0.25) is 0 Å². The Labute approximate surface area is 143 Å². The van der Waals surface area contributed by atoms with E-state index in [9.17, 15) is 4.79 Å². The highest BCUT2D eigenvalue weighted by Crippen LogP contribution is 2.09. The molecular formula is C20H25NO3. The van der Waals surface area contributed by atoms with E-state index in [4.69, 9.17) is 9.57 Å². The third-order valence-corrected chi connectivity index (χ3v) is 3.90. The second-order valence-corrected chi connectivity index (χ2v) is 5.69. The molecule has 0 aromatic heterocycles. The summed E-state index contributed by atoms with van der Waals surface area (Å²) in [7, 11) is 0. The van der Waals surface area contributed by atoms with Gasteiger partial charge >= 0.3 is 5.97 Å². The van der Waals surface area contributed by atoms with Crippen molar-refractivity contribution in [1.82, 2.24) is 5.48 Å². The first kappa shape index (κ1) is 18.2. The first-order valence-electron chi connectivity index (χ1n) is 8.40. The minimum atomic E-state index is -0.265. The zero-order chi connectivity index (χ0) is 17.0. The number of carbonyl (C=O) groups is 1. The van der Waals surface area contributed by atoms with Crippen LogP contribution in [0, 0.1) is 5.92 Å². The number of hydrogen-bond acceptors (Lipinski definition) is 4. The van der Waals surface area contributed by atoms with Crippen molar-refractivity contribution >= 4 is 5.97 Å². The van der Waals surface area contributed by atoms with Crippen molar-refractivity contribution in [2.45, 2.75) is 26.4 Å². The molecule has 0 bridgehead atoms. The Morgan fingerprint density at radius 3 is 2.38 bits per heavy atom. The predicted molar refractivity (Wildman–Crippen MR) is 94.4 cm³/mol. The van der Waals surface area contributed by atoms with Crippen molar-refractivity contribution in [3.05, 3.63) is 71.8 Å². The largest absolute Gasteiger partial charge is 0.462 e. The molecule has 0 aliphatic heterocycles. The van der Waals surface area contributed by atoms with E-state index in [0.29, 0.717) is 24.7 Å². The van der Waals surface area contributed by atoms with Crippen LogP contribution >= 0.6 is 0 Å². The van der Waals surface area contributed by atoms with E-state index in [2.05, 4.69) is 12.4 Å². The second kappa shape index (κ2) is 10.6. The van der Waals surface area contributed by atoms with Gasteiger partial charge < -0.3 is 4.74 Å². The Bertz CT molecular complexity index is 586. The van der Waals surface area contributed by atoms with E-state index in [1.54, 1.807) is 12.1 Å². The monoisotopic (exact) mass is 327 g/mol. The first-order chi connectivity index (χ1) is 11.8. The Hall–Kier alpha value is -2.17. The predicted octanol–water partition coefficient (Wildman–Crippen LogP) is 3.98. The average Bonchev–Trinajstić information content (AvgIpc) is 2.65. The third-order valence-electron chi connectivity index (χ3n) is 3.90. The van der Waals surface area contributed by atoms with Crippen LogP contribution in [0.25, 0.3) is 0 Å². The van der Waals surface area contributed by atoms with Gasteiger partial charge in [-0.3, -0.25) is 4.84 Å². The number of rotatable bonds is 10. The minimum Gasteiger partial charge on any atom is -0.462 e. The number of nitrogens with one attached hydrogen (secondary N) is 1. The van der Waals surface area contributed by atoms with Crippen molar-refractivity contribution in [1.29, 1.82) is 0 Å². The van der Waals surface area contributed by atoms with Gasteiger partial charge in [-0.15, -0.1) is 0 Å². The molecule has 0 aliphatic rings. The molecule has 0 heterocycles. The van der Waals surface area contributed by atoms with Crippen molar-refractivity contribution in [3.63, 3.8) is 0 Å². The van der Waals surface area contributed by atoms with Gasteiger partial charge in [-0.25, -0.2) is 10.3 Å². The van der Waals surface area contributed by atoms with Crippen LogP contribution in [0.3, 0.4) is 0 Å². The maximum absolute atomic E-state index is 11.9. The van der Waals surface area contributed by atoms with E-state index in [-0.39, 0.29) is 5.97 Å². The molecule has 1 N–H and O–H groups in total. The van der Waals surface area contributed by atoms with Gasteiger partial charge in [-0.2, -0.15) is 0 Å². The molecule has 0 spiro atoms. The summed E-state index contributed by atoms with van der Waals surface area (Å²) in [5.41, 5.74) is 4.74. The van der Waals surface area contributed by atoms with Crippen LogP contribution in [-0.4, -0.2) is 19.1 Å². The first-order valence-corrected chi connectivity index (χ1v) is 8.40. The smallest absolute Gasteiger partial charge is 0.338 e. The standard InChI is InChI=1S/C20H25NO3/c1-2-17(15-21-24-16-18-9-5-3-6-10-18)13-14-23-20(22)19-11-7-4-8-12-19/h3-12,17,21H,2,13-16H2,1H3. The normalized spacial score (nSPS) is 11.9. The van der Waals surface area contributed by atoms with E-state index in [1.807, 2.05) is 48.5 Å². The molecule has 128 valence electrons. The highest BCUT2D eigenvalue weighted by molar-refractivity contribution is 5.89. The lowest BCUT2D eigenvalue weighted by atomic mass is 10.0. The molecule has 24 heavy (non-hydrogen) atoms. The molecule has 2 aromatic rings. The Balaban J connectivity index is 1.61. The van der Waals surface area contributed by atoms with Gasteiger partial charge in [-0.05, 0) is 30.0 Å². The van der Waals surface area contributed by atoms with Gasteiger partial charge in [0.25, 0.3) is 0 Å². The zero-order valence-corrected chi connectivity index (χ0v) is 14.1. The Morgan fingerprint density at radius 1 is 1.04 bits per heavy atom. The summed E-state index contributed by atoms with van der Waals surface area (Å²) >= 11 is 0. The Kier molecular flexibility index (Phi) is 8.01. The van der Waals surface area contributed by atoms with Crippen LogP contribution in [0.5, 0.6) is 0 Å². The topological polar surface area (TPSA) is 47.6 Å². The third kappa shape index (κ3) is 6.52. The molecule has 2 rings (SSSR count). The fourth-order valence-corrected chi connectivity index (χ4v) is 2.31. The van der Waals surface area contributed by atoms with E-state index < -0.39 is 0 Å². The fourth-order valence-electron chi connectivity index (χ4n) is 2.31. The highest BCUT2D eigenvalue weighted by atomic mass is 16.6. The molecular weight excluding hydrogens is 302 g/mol. The SMILES string of the molecule is CCC(CCOC(=O)c1ccccc1)CNOCc1ccccc1. The van der Waals surface area contributed by atoms with Crippen LogP contribution in [0.4, 0.5) is 0 Å². The summed E-state index contributed by atoms with van der Waals surface area (Å²) < 4.78 is 5.33. The number of ether oxygens (including phenoxy) is 1. The quantitative estimate of drug-likeness (QED) is 0.407. The molecule has 2 aromatic carbocycles. The number of benzene rings is 2. The van der Waals surface area contributed by atoms with Gasteiger partial charge in [0.05, 0.1) is 18.8 Å². The summed E-state index contributed by atoms with van der Waals surface area (Å²) in [5.74, 6) is 0.142. The summed E-state index contributed by atoms with van der Waals surface area (Å²) in [6.07, 6.45) is 1.82. The Morgan fingerprint density at radius 2 is 1.71 bits per heavy atom. The lowest BCUT2D eigenvalue weighted by Gasteiger charge is -2.15. The van der Waals surface area contributed by atoms with Gasteiger partial charge in [0.1, 0.15) is 0 Å². The highest BCUT2D eigenvalue weighted by Gasteiger charge is 2.10. The maximum Gasteiger partial charge on any atom is 0.338 e. The molecule has 0 amide bonds. The molecule has 0 saturated heterocycles. The van der Waals surface area contributed by atoms with Crippen molar-refractivity contribution in [2.24, 2.45) is 5.92 Å². The number of hydrogen-bond donors (Lipinski definition) is 1. The summed E-state index contributed by atoms with van der Waals surface area (Å²) in [4.78, 5) is 17.4. The molecule has 1 atom stereocenters. The van der Waals surface area contributed by atoms with E-state index >= 15 is 0 Å². The van der Waals surface area contributed by atoms with Crippen molar-refractivity contribution in [2.75, 3.05) is 13.2 Å². The molecule has 0 aliphatic carbocycles.